The fraction of sp³-hybridized carbons (Fsp3) is 0.417. The van der Waals surface area contributed by atoms with Gasteiger partial charge in [-0.3, -0.25) is 9.59 Å². The van der Waals surface area contributed by atoms with Crippen LogP contribution in [0.3, 0.4) is 0 Å². The predicted molar refractivity (Wildman–Crippen MR) is 114 cm³/mol. The standard InChI is InChI=1S/C24H30N2O3/c1-3-25-13-14-26(23(27)12-15-29-2)18-22(24(25)28)17-19-8-7-11-21(16-19)20-9-5-4-6-10-20/h4-11,16,22H,3,12-15,17-18H2,1-2H3. The van der Waals surface area contributed by atoms with E-state index in [0.717, 1.165) is 16.7 Å². The molecule has 2 aromatic carbocycles. The minimum absolute atomic E-state index is 0.0561. The van der Waals surface area contributed by atoms with Crippen LogP contribution in [0, 0.1) is 5.92 Å². The van der Waals surface area contributed by atoms with Crippen molar-refractivity contribution in [3.63, 3.8) is 0 Å². The van der Waals surface area contributed by atoms with Gasteiger partial charge in [0.05, 0.1) is 18.9 Å². The molecule has 154 valence electrons. The smallest absolute Gasteiger partial charge is 0.227 e. The Morgan fingerprint density at radius 1 is 1.07 bits per heavy atom. The Hall–Kier alpha value is -2.66. The second-order valence-electron chi connectivity index (χ2n) is 7.47. The maximum absolute atomic E-state index is 13.1. The van der Waals surface area contributed by atoms with E-state index in [1.807, 2.05) is 41.0 Å². The van der Waals surface area contributed by atoms with Crippen molar-refractivity contribution in [2.75, 3.05) is 39.9 Å². The van der Waals surface area contributed by atoms with Crippen molar-refractivity contribution in [2.45, 2.75) is 19.8 Å². The van der Waals surface area contributed by atoms with Crippen molar-refractivity contribution in [2.24, 2.45) is 5.92 Å². The van der Waals surface area contributed by atoms with Crippen LogP contribution in [0.5, 0.6) is 0 Å². The average molecular weight is 395 g/mol. The normalized spacial score (nSPS) is 17.3. The van der Waals surface area contributed by atoms with Gasteiger partial charge in [0.15, 0.2) is 0 Å². The van der Waals surface area contributed by atoms with Gasteiger partial charge in [0.2, 0.25) is 11.8 Å². The Bertz CT molecular complexity index is 822. The van der Waals surface area contributed by atoms with Crippen LogP contribution in [0.2, 0.25) is 0 Å². The van der Waals surface area contributed by atoms with Crippen molar-refractivity contribution in [3.05, 3.63) is 60.2 Å². The predicted octanol–water partition coefficient (Wildman–Crippen LogP) is 3.24. The van der Waals surface area contributed by atoms with Crippen LogP contribution in [0.25, 0.3) is 11.1 Å². The summed E-state index contributed by atoms with van der Waals surface area (Å²) < 4.78 is 5.05. The molecule has 1 aliphatic heterocycles. The summed E-state index contributed by atoms with van der Waals surface area (Å²) in [4.78, 5) is 29.3. The summed E-state index contributed by atoms with van der Waals surface area (Å²) in [5.41, 5.74) is 3.42. The maximum Gasteiger partial charge on any atom is 0.227 e. The molecule has 29 heavy (non-hydrogen) atoms. The lowest BCUT2D eigenvalue weighted by Crippen LogP contribution is -2.38. The second-order valence-corrected chi connectivity index (χ2v) is 7.47. The van der Waals surface area contributed by atoms with Crippen LogP contribution in [-0.4, -0.2) is 61.5 Å². The molecule has 0 spiro atoms. The van der Waals surface area contributed by atoms with E-state index >= 15 is 0 Å². The van der Waals surface area contributed by atoms with Crippen molar-refractivity contribution >= 4 is 11.8 Å². The summed E-state index contributed by atoms with van der Waals surface area (Å²) >= 11 is 0. The Labute approximate surface area is 173 Å². The van der Waals surface area contributed by atoms with Gasteiger partial charge in [0.25, 0.3) is 0 Å². The molecule has 0 bridgehead atoms. The number of nitrogens with zero attached hydrogens (tertiary/aromatic N) is 2. The van der Waals surface area contributed by atoms with Crippen molar-refractivity contribution in [1.29, 1.82) is 0 Å². The van der Waals surface area contributed by atoms with Crippen LogP contribution in [0.15, 0.2) is 54.6 Å². The van der Waals surface area contributed by atoms with E-state index in [0.29, 0.717) is 45.6 Å². The van der Waals surface area contributed by atoms with Gasteiger partial charge in [-0.05, 0) is 30.0 Å². The van der Waals surface area contributed by atoms with E-state index in [2.05, 4.69) is 30.3 Å². The number of benzene rings is 2. The first kappa shape index (κ1) is 21.1. The minimum Gasteiger partial charge on any atom is -0.384 e. The van der Waals surface area contributed by atoms with E-state index in [-0.39, 0.29) is 17.7 Å². The first-order valence-corrected chi connectivity index (χ1v) is 10.3. The highest BCUT2D eigenvalue weighted by atomic mass is 16.5. The lowest BCUT2D eigenvalue weighted by molar-refractivity contribution is -0.135. The number of rotatable bonds is 7. The number of hydrogen-bond acceptors (Lipinski definition) is 3. The third-order valence-electron chi connectivity index (χ3n) is 5.51. The molecule has 0 saturated carbocycles. The zero-order valence-corrected chi connectivity index (χ0v) is 17.3. The molecule has 5 heteroatoms. The average Bonchev–Trinajstić information content (AvgIpc) is 2.92. The molecule has 1 aliphatic rings. The van der Waals surface area contributed by atoms with E-state index in [1.54, 1.807) is 7.11 Å². The quantitative estimate of drug-likeness (QED) is 0.724. The molecule has 1 heterocycles. The zero-order valence-electron chi connectivity index (χ0n) is 17.3. The monoisotopic (exact) mass is 394 g/mol. The number of ether oxygens (including phenoxy) is 1. The number of hydrogen-bond donors (Lipinski definition) is 0. The molecule has 5 nitrogen and oxygen atoms in total. The lowest BCUT2D eigenvalue weighted by Gasteiger charge is -2.23. The van der Waals surface area contributed by atoms with Crippen LogP contribution in [-0.2, 0) is 20.7 Å². The number of methoxy groups -OCH3 is 1. The van der Waals surface area contributed by atoms with Crippen molar-refractivity contribution in [3.8, 4) is 11.1 Å². The Balaban J connectivity index is 1.79. The van der Waals surface area contributed by atoms with Crippen LogP contribution in [0.1, 0.15) is 18.9 Å². The highest BCUT2D eigenvalue weighted by molar-refractivity contribution is 5.82. The summed E-state index contributed by atoms with van der Waals surface area (Å²) in [6.45, 7) is 4.71. The van der Waals surface area contributed by atoms with Gasteiger partial charge in [-0.25, -0.2) is 0 Å². The van der Waals surface area contributed by atoms with Crippen LogP contribution >= 0.6 is 0 Å². The Morgan fingerprint density at radius 3 is 2.55 bits per heavy atom. The first-order valence-electron chi connectivity index (χ1n) is 10.3. The summed E-state index contributed by atoms with van der Waals surface area (Å²) in [6.07, 6.45) is 0.983. The molecule has 1 saturated heterocycles. The van der Waals surface area contributed by atoms with Gasteiger partial charge in [-0.2, -0.15) is 0 Å². The molecule has 0 N–H and O–H groups in total. The highest BCUT2D eigenvalue weighted by Crippen LogP contribution is 2.23. The molecule has 1 fully saturated rings. The lowest BCUT2D eigenvalue weighted by atomic mass is 9.94. The molecule has 0 radical (unpaired) electrons. The fourth-order valence-electron chi connectivity index (χ4n) is 3.88. The van der Waals surface area contributed by atoms with E-state index in [1.165, 1.54) is 0 Å². The number of carbonyl (C=O) groups is 2. The van der Waals surface area contributed by atoms with E-state index in [9.17, 15) is 9.59 Å². The molecule has 1 atom stereocenters. The van der Waals surface area contributed by atoms with Gasteiger partial charge in [-0.15, -0.1) is 0 Å². The van der Waals surface area contributed by atoms with E-state index < -0.39 is 0 Å². The number of likely N-dealkylation sites (N-methyl/N-ethyl adjacent to an activating group) is 1. The number of amides is 2. The summed E-state index contributed by atoms with van der Waals surface area (Å²) in [5.74, 6) is -0.0322. The Morgan fingerprint density at radius 2 is 1.83 bits per heavy atom. The van der Waals surface area contributed by atoms with Crippen LogP contribution in [0.4, 0.5) is 0 Å². The molecule has 0 aromatic heterocycles. The third kappa shape index (κ3) is 5.45. The van der Waals surface area contributed by atoms with Gasteiger partial charge >= 0.3 is 0 Å². The summed E-state index contributed by atoms with van der Waals surface area (Å²) in [7, 11) is 1.60. The molecule has 2 aromatic rings. The largest absolute Gasteiger partial charge is 0.384 e. The highest BCUT2D eigenvalue weighted by Gasteiger charge is 2.31. The van der Waals surface area contributed by atoms with Gasteiger partial charge in [-0.1, -0.05) is 54.6 Å². The van der Waals surface area contributed by atoms with Gasteiger partial charge in [0.1, 0.15) is 0 Å². The first-order chi connectivity index (χ1) is 14.1. The van der Waals surface area contributed by atoms with Gasteiger partial charge in [0, 0.05) is 33.3 Å². The summed E-state index contributed by atoms with van der Waals surface area (Å²) in [5, 5.41) is 0. The zero-order chi connectivity index (χ0) is 20.6. The molecule has 1 unspecified atom stereocenters. The molecule has 0 aliphatic carbocycles. The topological polar surface area (TPSA) is 49.9 Å². The second kappa shape index (κ2) is 10.2. The van der Waals surface area contributed by atoms with Crippen molar-refractivity contribution < 1.29 is 14.3 Å². The molecule has 2 amide bonds. The third-order valence-corrected chi connectivity index (χ3v) is 5.51. The molecular weight excluding hydrogens is 364 g/mol. The molecule has 3 rings (SSSR count). The minimum atomic E-state index is -0.227. The summed E-state index contributed by atoms with van der Waals surface area (Å²) in [6, 6.07) is 18.6. The van der Waals surface area contributed by atoms with Gasteiger partial charge < -0.3 is 14.5 Å². The van der Waals surface area contributed by atoms with E-state index in [4.69, 9.17) is 4.74 Å². The number of carbonyl (C=O) groups excluding carboxylic acids is 2. The maximum atomic E-state index is 13.1. The van der Waals surface area contributed by atoms with Crippen LogP contribution < -0.4 is 0 Å². The fourth-order valence-corrected chi connectivity index (χ4v) is 3.88. The molecular formula is C24H30N2O3. The van der Waals surface area contributed by atoms with Crippen molar-refractivity contribution in [1.82, 2.24) is 9.80 Å². The Kier molecular flexibility index (Phi) is 7.42. The SMILES string of the molecule is CCN1CCN(C(=O)CCOC)CC(Cc2cccc(-c3ccccc3)c2)C1=O.